The number of nitrogens with zero attached hydrogens (tertiary/aromatic N) is 1. The van der Waals surface area contributed by atoms with E-state index in [9.17, 15) is 14.4 Å². The molecule has 0 atom stereocenters. The van der Waals surface area contributed by atoms with Gasteiger partial charge in [0.2, 0.25) is 11.8 Å². The Morgan fingerprint density at radius 3 is 2.00 bits per heavy atom. The Kier molecular flexibility index (Phi) is 2.83. The Bertz CT molecular complexity index is 516. The molecule has 0 aromatic rings. The van der Waals surface area contributed by atoms with E-state index in [1.807, 2.05) is 0 Å². The number of urea groups is 1. The molecule has 0 unspecified atom stereocenters. The summed E-state index contributed by atoms with van der Waals surface area (Å²) < 4.78 is 0. The average Bonchev–Trinajstić information content (AvgIpc) is 3.03. The normalized spacial score (nSPS) is 30.5. The molecule has 3 rings (SSSR count). The van der Waals surface area contributed by atoms with Crippen LogP contribution >= 0.6 is 0 Å². The van der Waals surface area contributed by atoms with Crippen LogP contribution in [0.1, 0.15) is 59.8 Å². The molecule has 1 heterocycles. The number of rotatable bonds is 1. The van der Waals surface area contributed by atoms with Crippen molar-refractivity contribution in [3.05, 3.63) is 0 Å². The van der Waals surface area contributed by atoms with E-state index in [0.29, 0.717) is 12.8 Å². The highest BCUT2D eigenvalue weighted by Crippen LogP contribution is 2.52. The number of imide groups is 2. The second-order valence-corrected chi connectivity index (χ2v) is 8.58. The largest absolute Gasteiger partial charge is 0.331 e. The molecule has 0 aromatic carbocycles. The van der Waals surface area contributed by atoms with Crippen LogP contribution in [-0.4, -0.2) is 28.8 Å². The zero-order valence-electron chi connectivity index (χ0n) is 13.3. The van der Waals surface area contributed by atoms with Crippen LogP contribution in [0.2, 0.25) is 0 Å². The summed E-state index contributed by atoms with van der Waals surface area (Å²) in [4.78, 5) is 38.2. The maximum Gasteiger partial charge on any atom is 0.331 e. The molecule has 5 heteroatoms. The summed E-state index contributed by atoms with van der Waals surface area (Å²) in [5, 5.41) is 2.39. The van der Waals surface area contributed by atoms with Gasteiger partial charge in [-0.25, -0.2) is 4.79 Å². The van der Waals surface area contributed by atoms with Crippen molar-refractivity contribution in [2.24, 2.45) is 16.2 Å². The van der Waals surface area contributed by atoms with Crippen molar-refractivity contribution in [2.45, 2.75) is 65.8 Å². The fourth-order valence-corrected chi connectivity index (χ4v) is 4.56. The minimum absolute atomic E-state index is 0.0884. The van der Waals surface area contributed by atoms with E-state index in [2.05, 4.69) is 33.0 Å². The van der Waals surface area contributed by atoms with Gasteiger partial charge in [-0.3, -0.25) is 19.8 Å². The van der Waals surface area contributed by atoms with Crippen LogP contribution in [0.3, 0.4) is 0 Å². The van der Waals surface area contributed by atoms with Gasteiger partial charge in [-0.05, 0) is 42.9 Å². The fourth-order valence-electron chi connectivity index (χ4n) is 4.56. The molecule has 3 aliphatic rings. The van der Waals surface area contributed by atoms with Crippen LogP contribution < -0.4 is 5.32 Å². The molecule has 2 aliphatic carbocycles. The standard InChI is InChI=1S/C16H24N2O3/c1-14(2)7-10(8-15(3,4)9-14)18-12(20)16(5-6-16)11(19)17-13(18)21/h10H,5-9H2,1-4H3,(H,17,19,21). The molecule has 1 saturated heterocycles. The third kappa shape index (κ3) is 2.27. The van der Waals surface area contributed by atoms with E-state index in [4.69, 9.17) is 0 Å². The predicted molar refractivity (Wildman–Crippen MR) is 77.3 cm³/mol. The monoisotopic (exact) mass is 292 g/mol. The number of nitrogens with one attached hydrogen (secondary N) is 1. The Hall–Kier alpha value is -1.39. The molecular formula is C16H24N2O3. The SMILES string of the molecule is CC1(C)CC(N2C(=O)NC(=O)C3(CC3)C2=O)CC(C)(C)C1. The number of carbonyl (C=O) groups is 3. The summed E-state index contributed by atoms with van der Waals surface area (Å²) >= 11 is 0. The molecule has 2 saturated carbocycles. The van der Waals surface area contributed by atoms with Gasteiger partial charge in [0, 0.05) is 6.04 Å². The first kappa shape index (κ1) is 14.5. The Balaban J connectivity index is 1.90. The number of hydrogen-bond donors (Lipinski definition) is 1. The lowest BCUT2D eigenvalue weighted by Crippen LogP contribution is -2.63. The van der Waals surface area contributed by atoms with Crippen molar-refractivity contribution in [3.63, 3.8) is 0 Å². The van der Waals surface area contributed by atoms with E-state index in [1.54, 1.807) is 0 Å². The van der Waals surface area contributed by atoms with Gasteiger partial charge < -0.3 is 0 Å². The average molecular weight is 292 g/mol. The van der Waals surface area contributed by atoms with Gasteiger partial charge in [0.15, 0.2) is 0 Å². The molecular weight excluding hydrogens is 268 g/mol. The van der Waals surface area contributed by atoms with Crippen LogP contribution in [0.15, 0.2) is 0 Å². The smallest absolute Gasteiger partial charge is 0.277 e. The summed E-state index contributed by atoms with van der Waals surface area (Å²) in [6.45, 7) is 8.74. The van der Waals surface area contributed by atoms with Gasteiger partial charge in [0.1, 0.15) is 5.41 Å². The molecule has 0 aromatic heterocycles. The Morgan fingerprint density at radius 1 is 1.00 bits per heavy atom. The molecule has 5 nitrogen and oxygen atoms in total. The minimum Gasteiger partial charge on any atom is -0.277 e. The third-order valence-electron chi connectivity index (χ3n) is 5.15. The van der Waals surface area contributed by atoms with E-state index in [1.165, 1.54) is 4.90 Å². The zero-order chi connectivity index (χ0) is 15.6. The molecule has 21 heavy (non-hydrogen) atoms. The van der Waals surface area contributed by atoms with Crippen molar-refractivity contribution in [1.29, 1.82) is 0 Å². The first-order valence-corrected chi connectivity index (χ1v) is 7.76. The van der Waals surface area contributed by atoms with E-state index in [-0.39, 0.29) is 22.8 Å². The van der Waals surface area contributed by atoms with Crippen molar-refractivity contribution < 1.29 is 14.4 Å². The molecule has 0 radical (unpaired) electrons. The van der Waals surface area contributed by atoms with E-state index in [0.717, 1.165) is 19.3 Å². The Morgan fingerprint density at radius 2 is 1.52 bits per heavy atom. The quantitative estimate of drug-likeness (QED) is 0.755. The second-order valence-electron chi connectivity index (χ2n) is 8.58. The maximum absolute atomic E-state index is 12.7. The van der Waals surface area contributed by atoms with Crippen molar-refractivity contribution in [1.82, 2.24) is 10.2 Å². The molecule has 1 spiro atoms. The van der Waals surface area contributed by atoms with Crippen LogP contribution in [0.25, 0.3) is 0 Å². The molecule has 3 fully saturated rings. The molecule has 116 valence electrons. The summed E-state index contributed by atoms with van der Waals surface area (Å²) in [6, 6.07) is -0.636. The van der Waals surface area contributed by atoms with Crippen LogP contribution in [0.5, 0.6) is 0 Å². The van der Waals surface area contributed by atoms with Crippen LogP contribution in [0, 0.1) is 16.2 Å². The lowest BCUT2D eigenvalue weighted by atomic mass is 9.63. The first-order chi connectivity index (χ1) is 9.56. The predicted octanol–water partition coefficient (Wildman–Crippen LogP) is 2.45. The molecule has 0 bridgehead atoms. The van der Waals surface area contributed by atoms with Gasteiger partial charge in [-0.2, -0.15) is 0 Å². The zero-order valence-corrected chi connectivity index (χ0v) is 13.3. The lowest BCUT2D eigenvalue weighted by molar-refractivity contribution is -0.147. The maximum atomic E-state index is 12.7. The van der Waals surface area contributed by atoms with Crippen molar-refractivity contribution in [2.75, 3.05) is 0 Å². The number of hydrogen-bond acceptors (Lipinski definition) is 3. The van der Waals surface area contributed by atoms with Crippen LogP contribution in [0.4, 0.5) is 4.79 Å². The van der Waals surface area contributed by atoms with Gasteiger partial charge in [-0.15, -0.1) is 0 Å². The number of carbonyl (C=O) groups excluding carboxylic acids is 3. The summed E-state index contributed by atoms with van der Waals surface area (Å²) in [7, 11) is 0. The minimum atomic E-state index is -0.931. The van der Waals surface area contributed by atoms with Gasteiger partial charge in [-0.1, -0.05) is 27.7 Å². The van der Waals surface area contributed by atoms with Gasteiger partial charge in [0.25, 0.3) is 0 Å². The topological polar surface area (TPSA) is 66.5 Å². The highest BCUT2D eigenvalue weighted by molar-refractivity contribution is 6.21. The summed E-state index contributed by atoms with van der Waals surface area (Å²) in [5.74, 6) is -0.669. The highest BCUT2D eigenvalue weighted by atomic mass is 16.2. The summed E-state index contributed by atoms with van der Waals surface area (Å²) in [6.07, 6.45) is 3.83. The van der Waals surface area contributed by atoms with Gasteiger partial charge >= 0.3 is 6.03 Å². The lowest BCUT2D eigenvalue weighted by Gasteiger charge is -2.49. The van der Waals surface area contributed by atoms with Crippen molar-refractivity contribution in [3.8, 4) is 0 Å². The van der Waals surface area contributed by atoms with Crippen LogP contribution in [-0.2, 0) is 9.59 Å². The second kappa shape index (κ2) is 4.08. The highest BCUT2D eigenvalue weighted by Gasteiger charge is 2.63. The first-order valence-electron chi connectivity index (χ1n) is 7.76. The van der Waals surface area contributed by atoms with Crippen molar-refractivity contribution >= 4 is 17.8 Å². The fraction of sp³-hybridized carbons (Fsp3) is 0.812. The van der Waals surface area contributed by atoms with Gasteiger partial charge in [0.05, 0.1) is 0 Å². The summed E-state index contributed by atoms with van der Waals surface area (Å²) in [5.41, 5.74) is -0.754. The van der Waals surface area contributed by atoms with E-state index >= 15 is 0 Å². The van der Waals surface area contributed by atoms with E-state index < -0.39 is 17.4 Å². The molecule has 1 N–H and O–H groups in total. The molecule has 4 amide bonds. The number of barbiturate groups is 1. The Labute approximate surface area is 125 Å². The third-order valence-corrected chi connectivity index (χ3v) is 5.15. The molecule has 1 aliphatic heterocycles. The number of amides is 4.